The minimum Gasteiger partial charge on any atom is -0.372 e. The number of aromatic nitrogens is 2. The fourth-order valence-corrected chi connectivity index (χ4v) is 3.99. The quantitative estimate of drug-likeness (QED) is 0.442. The van der Waals surface area contributed by atoms with Crippen molar-refractivity contribution in [3.8, 4) is 17.3 Å². The molecule has 1 heterocycles. The zero-order valence-corrected chi connectivity index (χ0v) is 16.2. The summed E-state index contributed by atoms with van der Waals surface area (Å²) in [5, 5.41) is 14.3. The number of hydrogen-bond donors (Lipinski definition) is 1. The molecule has 0 aliphatic carbocycles. The lowest BCUT2D eigenvalue weighted by molar-refractivity contribution is 0.968. The van der Waals surface area contributed by atoms with Crippen LogP contribution >= 0.6 is 35.0 Å². The Morgan fingerprint density at radius 3 is 2.35 bits per heavy atom. The van der Waals surface area contributed by atoms with Crippen LogP contribution in [0, 0.1) is 11.3 Å². The molecule has 7 heteroatoms. The summed E-state index contributed by atoms with van der Waals surface area (Å²) in [4.78, 5) is 9.05. The fourth-order valence-electron chi connectivity index (χ4n) is 2.40. The molecule has 0 saturated carbocycles. The number of nitriles is 1. The lowest BCUT2D eigenvalue weighted by Gasteiger charge is -2.11. The molecular formula is C19H14Cl2N4S. The monoisotopic (exact) mass is 400 g/mol. The molecule has 0 bridgehead atoms. The first-order valence-electron chi connectivity index (χ1n) is 7.75. The number of rotatable bonds is 5. The smallest absolute Gasteiger partial charge is 0.190 e. The third kappa shape index (κ3) is 3.94. The minimum atomic E-state index is 0.416. The van der Waals surface area contributed by atoms with E-state index in [1.807, 2.05) is 36.4 Å². The third-order valence-electron chi connectivity index (χ3n) is 3.69. The summed E-state index contributed by atoms with van der Waals surface area (Å²) in [6, 6.07) is 17.2. The van der Waals surface area contributed by atoms with Gasteiger partial charge in [0, 0.05) is 28.4 Å². The van der Waals surface area contributed by atoms with Crippen molar-refractivity contribution in [3.05, 3.63) is 69.7 Å². The van der Waals surface area contributed by atoms with E-state index in [0.29, 0.717) is 38.0 Å². The fraction of sp³-hybridized carbons (Fsp3) is 0.105. The van der Waals surface area contributed by atoms with Gasteiger partial charge in [-0.1, -0.05) is 71.4 Å². The second-order valence-corrected chi connectivity index (χ2v) is 7.05. The topological polar surface area (TPSA) is 61.6 Å². The van der Waals surface area contributed by atoms with Gasteiger partial charge in [-0.2, -0.15) is 5.26 Å². The molecule has 0 amide bonds. The molecule has 3 aromatic rings. The van der Waals surface area contributed by atoms with E-state index < -0.39 is 0 Å². The Hall–Kier alpha value is -2.26. The van der Waals surface area contributed by atoms with Gasteiger partial charge in [-0.15, -0.1) is 0 Å². The second-order valence-electron chi connectivity index (χ2n) is 5.30. The van der Waals surface area contributed by atoms with Crippen molar-refractivity contribution < 1.29 is 0 Å². The molecule has 0 aliphatic rings. The van der Waals surface area contributed by atoms with Crippen molar-refractivity contribution >= 4 is 40.8 Å². The van der Waals surface area contributed by atoms with Crippen LogP contribution in [0.25, 0.3) is 11.3 Å². The van der Waals surface area contributed by atoms with Gasteiger partial charge in [0.05, 0.1) is 5.69 Å². The second kappa shape index (κ2) is 8.41. The molecule has 0 unspecified atom stereocenters. The predicted octanol–water partition coefficient (Wildman–Crippen LogP) is 5.66. The average Bonchev–Trinajstić information content (AvgIpc) is 2.67. The summed E-state index contributed by atoms with van der Waals surface area (Å²) < 4.78 is 0. The van der Waals surface area contributed by atoms with Crippen LogP contribution in [-0.2, 0) is 5.75 Å². The first-order chi connectivity index (χ1) is 12.6. The average molecular weight is 401 g/mol. The van der Waals surface area contributed by atoms with E-state index in [1.54, 1.807) is 19.2 Å². The highest BCUT2D eigenvalue weighted by Gasteiger charge is 2.16. The van der Waals surface area contributed by atoms with E-state index in [0.717, 1.165) is 11.1 Å². The molecule has 0 fully saturated rings. The number of nitrogens with zero attached hydrogens (tertiary/aromatic N) is 3. The molecule has 0 spiro atoms. The Labute approximate surface area is 166 Å². The van der Waals surface area contributed by atoms with Gasteiger partial charge in [0.15, 0.2) is 5.16 Å². The molecule has 1 N–H and O–H groups in total. The van der Waals surface area contributed by atoms with Crippen molar-refractivity contribution in [1.29, 1.82) is 5.26 Å². The number of hydrogen-bond acceptors (Lipinski definition) is 5. The van der Waals surface area contributed by atoms with Crippen molar-refractivity contribution in [2.75, 3.05) is 12.4 Å². The number of halogens is 2. The van der Waals surface area contributed by atoms with Crippen LogP contribution in [0.2, 0.25) is 10.0 Å². The Kier molecular flexibility index (Phi) is 6.00. The largest absolute Gasteiger partial charge is 0.372 e. The molecule has 1 aromatic heterocycles. The molecule has 0 saturated heterocycles. The van der Waals surface area contributed by atoms with Gasteiger partial charge in [0.25, 0.3) is 0 Å². The molecule has 130 valence electrons. The Morgan fingerprint density at radius 2 is 1.73 bits per heavy atom. The third-order valence-corrected chi connectivity index (χ3v) is 5.27. The molecule has 2 aromatic carbocycles. The summed E-state index contributed by atoms with van der Waals surface area (Å²) >= 11 is 13.9. The normalized spacial score (nSPS) is 10.4. The standard InChI is InChI=1S/C19H14Cl2N4S/c1-23-18-13(10-22)17(12-6-3-2-4-7-12)24-19(25-18)26-11-14-15(20)8-5-9-16(14)21/h2-9H,11H2,1H3,(H,23,24,25). The van der Waals surface area contributed by atoms with Crippen LogP contribution in [0.4, 0.5) is 5.82 Å². The van der Waals surface area contributed by atoms with Crippen LogP contribution < -0.4 is 5.32 Å². The van der Waals surface area contributed by atoms with Crippen molar-refractivity contribution in [2.24, 2.45) is 0 Å². The Morgan fingerprint density at radius 1 is 1.04 bits per heavy atom. The molecular weight excluding hydrogens is 387 g/mol. The highest BCUT2D eigenvalue weighted by Crippen LogP contribution is 2.33. The molecule has 3 rings (SSSR count). The van der Waals surface area contributed by atoms with Gasteiger partial charge in [-0.3, -0.25) is 0 Å². The molecule has 4 nitrogen and oxygen atoms in total. The molecule has 0 aliphatic heterocycles. The van der Waals surface area contributed by atoms with Crippen molar-refractivity contribution in [2.45, 2.75) is 10.9 Å². The molecule has 26 heavy (non-hydrogen) atoms. The van der Waals surface area contributed by atoms with Gasteiger partial charge < -0.3 is 5.32 Å². The van der Waals surface area contributed by atoms with E-state index >= 15 is 0 Å². The first kappa shape index (κ1) is 18.5. The molecule has 0 radical (unpaired) electrons. The maximum absolute atomic E-state index is 9.55. The van der Waals surface area contributed by atoms with Gasteiger partial charge in [0.2, 0.25) is 0 Å². The predicted molar refractivity (Wildman–Crippen MR) is 108 cm³/mol. The van der Waals surface area contributed by atoms with E-state index in [4.69, 9.17) is 23.2 Å². The Bertz CT molecular complexity index is 951. The van der Waals surface area contributed by atoms with Crippen LogP contribution in [0.1, 0.15) is 11.1 Å². The Balaban J connectivity index is 1.99. The van der Waals surface area contributed by atoms with Gasteiger partial charge >= 0.3 is 0 Å². The van der Waals surface area contributed by atoms with Crippen LogP contribution in [0.5, 0.6) is 0 Å². The summed E-state index contributed by atoms with van der Waals surface area (Å²) in [6.45, 7) is 0. The van der Waals surface area contributed by atoms with Gasteiger partial charge in [-0.05, 0) is 17.7 Å². The van der Waals surface area contributed by atoms with E-state index in [9.17, 15) is 5.26 Å². The minimum absolute atomic E-state index is 0.416. The van der Waals surface area contributed by atoms with E-state index in [1.165, 1.54) is 11.8 Å². The SMILES string of the molecule is CNc1nc(SCc2c(Cl)cccc2Cl)nc(-c2ccccc2)c1C#N. The van der Waals surface area contributed by atoms with E-state index in [2.05, 4.69) is 21.4 Å². The summed E-state index contributed by atoms with van der Waals surface area (Å²) in [5.74, 6) is 1.02. The summed E-state index contributed by atoms with van der Waals surface area (Å²) in [7, 11) is 1.73. The zero-order chi connectivity index (χ0) is 18.5. The highest BCUT2D eigenvalue weighted by atomic mass is 35.5. The lowest BCUT2D eigenvalue weighted by atomic mass is 10.1. The van der Waals surface area contributed by atoms with Crippen LogP contribution in [-0.4, -0.2) is 17.0 Å². The van der Waals surface area contributed by atoms with Crippen molar-refractivity contribution in [3.63, 3.8) is 0 Å². The van der Waals surface area contributed by atoms with E-state index in [-0.39, 0.29) is 0 Å². The van der Waals surface area contributed by atoms with Gasteiger partial charge in [0.1, 0.15) is 17.5 Å². The maximum atomic E-state index is 9.55. The van der Waals surface area contributed by atoms with Crippen molar-refractivity contribution in [1.82, 2.24) is 9.97 Å². The first-order valence-corrected chi connectivity index (χ1v) is 9.49. The number of benzene rings is 2. The van der Waals surface area contributed by atoms with Crippen LogP contribution in [0.15, 0.2) is 53.7 Å². The van der Waals surface area contributed by atoms with Crippen LogP contribution in [0.3, 0.4) is 0 Å². The van der Waals surface area contributed by atoms with Gasteiger partial charge in [-0.25, -0.2) is 9.97 Å². The zero-order valence-electron chi connectivity index (χ0n) is 13.8. The summed E-state index contributed by atoms with van der Waals surface area (Å²) in [6.07, 6.45) is 0. The number of thioether (sulfide) groups is 1. The lowest BCUT2D eigenvalue weighted by Crippen LogP contribution is -2.03. The highest BCUT2D eigenvalue weighted by molar-refractivity contribution is 7.98. The maximum Gasteiger partial charge on any atom is 0.190 e. The number of anilines is 1. The molecule has 0 atom stereocenters. The number of nitrogens with one attached hydrogen (secondary N) is 1. The summed E-state index contributed by atoms with van der Waals surface area (Å²) in [5.41, 5.74) is 2.71.